The predicted octanol–water partition coefficient (Wildman–Crippen LogP) is 1.07. The monoisotopic (exact) mass is 254 g/mol. The number of furan rings is 1. The van der Waals surface area contributed by atoms with E-state index in [1.165, 1.54) is 0 Å². The second-order valence-corrected chi connectivity index (χ2v) is 3.82. The molecule has 0 saturated carbocycles. The second-order valence-electron chi connectivity index (χ2n) is 3.82. The number of urea groups is 1. The maximum absolute atomic E-state index is 11.4. The fourth-order valence-corrected chi connectivity index (χ4v) is 1.42. The van der Waals surface area contributed by atoms with Crippen LogP contribution in [0.4, 0.5) is 4.79 Å². The molecule has 1 aromatic rings. The molecule has 0 saturated heterocycles. The van der Waals surface area contributed by atoms with Crippen molar-refractivity contribution >= 4 is 12.0 Å². The van der Waals surface area contributed by atoms with E-state index < -0.39 is 12.0 Å². The maximum Gasteiger partial charge on any atom is 0.325 e. The fraction of sp³-hybridized carbons (Fsp3) is 0.500. The lowest BCUT2D eigenvalue weighted by Crippen LogP contribution is -2.43. The van der Waals surface area contributed by atoms with Gasteiger partial charge >= 0.3 is 12.0 Å². The first-order chi connectivity index (χ1) is 8.61. The summed E-state index contributed by atoms with van der Waals surface area (Å²) in [7, 11) is 0. The standard InChI is InChI=1S/C12H18N2O4/c1-3-17-11(15)8-13-12(16)14-9(2)7-10-5-4-6-18-10/h4-6,9H,3,7-8H2,1-2H3,(H2,13,14,16). The quantitative estimate of drug-likeness (QED) is 0.744. The SMILES string of the molecule is CCOC(=O)CNC(=O)NC(C)Cc1ccco1. The van der Waals surface area contributed by atoms with Gasteiger partial charge in [0.2, 0.25) is 0 Å². The first-order valence-electron chi connectivity index (χ1n) is 5.84. The van der Waals surface area contributed by atoms with Crippen LogP contribution in [0.5, 0.6) is 0 Å². The van der Waals surface area contributed by atoms with Crippen LogP contribution in [0.2, 0.25) is 0 Å². The molecular formula is C12H18N2O4. The topological polar surface area (TPSA) is 80.6 Å². The Morgan fingerprint density at radius 3 is 2.89 bits per heavy atom. The molecule has 6 nitrogen and oxygen atoms in total. The van der Waals surface area contributed by atoms with Crippen LogP contribution >= 0.6 is 0 Å². The Balaban J connectivity index is 2.21. The van der Waals surface area contributed by atoms with Crippen molar-refractivity contribution < 1.29 is 18.7 Å². The highest BCUT2D eigenvalue weighted by molar-refractivity contribution is 5.80. The number of carbonyl (C=O) groups is 2. The van der Waals surface area contributed by atoms with Gasteiger partial charge in [-0.3, -0.25) is 4.79 Å². The van der Waals surface area contributed by atoms with Gasteiger partial charge in [0, 0.05) is 12.5 Å². The third-order valence-corrected chi connectivity index (χ3v) is 2.16. The van der Waals surface area contributed by atoms with E-state index in [0.717, 1.165) is 5.76 Å². The van der Waals surface area contributed by atoms with Gasteiger partial charge in [0.1, 0.15) is 12.3 Å². The average Bonchev–Trinajstić information content (AvgIpc) is 2.79. The Hall–Kier alpha value is -1.98. The van der Waals surface area contributed by atoms with E-state index in [1.54, 1.807) is 19.3 Å². The molecule has 0 spiro atoms. The van der Waals surface area contributed by atoms with Crippen LogP contribution in [0.3, 0.4) is 0 Å². The number of carbonyl (C=O) groups excluding carboxylic acids is 2. The molecule has 2 amide bonds. The van der Waals surface area contributed by atoms with Gasteiger partial charge in [-0.15, -0.1) is 0 Å². The molecule has 0 bridgehead atoms. The molecule has 0 fully saturated rings. The van der Waals surface area contributed by atoms with E-state index in [2.05, 4.69) is 15.4 Å². The number of rotatable bonds is 6. The van der Waals surface area contributed by atoms with E-state index in [4.69, 9.17) is 4.42 Å². The van der Waals surface area contributed by atoms with Crippen LogP contribution in [-0.2, 0) is 16.0 Å². The largest absolute Gasteiger partial charge is 0.469 e. The fourth-order valence-electron chi connectivity index (χ4n) is 1.42. The van der Waals surface area contributed by atoms with Crippen LogP contribution in [0.1, 0.15) is 19.6 Å². The first kappa shape index (κ1) is 14.1. The number of ether oxygens (including phenoxy) is 1. The molecule has 2 N–H and O–H groups in total. The molecule has 100 valence electrons. The zero-order valence-corrected chi connectivity index (χ0v) is 10.6. The van der Waals surface area contributed by atoms with Crippen molar-refractivity contribution in [1.82, 2.24) is 10.6 Å². The minimum atomic E-state index is -0.452. The normalized spacial score (nSPS) is 11.7. The van der Waals surface area contributed by atoms with Crippen LogP contribution in [-0.4, -0.2) is 31.2 Å². The van der Waals surface area contributed by atoms with E-state index >= 15 is 0 Å². The van der Waals surface area contributed by atoms with E-state index in [9.17, 15) is 9.59 Å². The number of nitrogens with one attached hydrogen (secondary N) is 2. The van der Waals surface area contributed by atoms with Gasteiger partial charge in [-0.2, -0.15) is 0 Å². The summed E-state index contributed by atoms with van der Waals surface area (Å²) in [4.78, 5) is 22.4. The molecule has 0 aliphatic carbocycles. The molecule has 1 heterocycles. The van der Waals surface area contributed by atoms with Crippen LogP contribution < -0.4 is 10.6 Å². The van der Waals surface area contributed by atoms with Gasteiger partial charge in [0.25, 0.3) is 0 Å². The lowest BCUT2D eigenvalue weighted by atomic mass is 10.2. The van der Waals surface area contributed by atoms with Crippen molar-refractivity contribution in [3.63, 3.8) is 0 Å². The van der Waals surface area contributed by atoms with E-state index in [1.807, 2.05) is 13.0 Å². The summed E-state index contributed by atoms with van der Waals surface area (Å²) in [5.41, 5.74) is 0. The van der Waals surface area contributed by atoms with Gasteiger partial charge in [-0.1, -0.05) is 0 Å². The van der Waals surface area contributed by atoms with Crippen molar-refractivity contribution in [2.45, 2.75) is 26.3 Å². The van der Waals surface area contributed by atoms with E-state index in [-0.39, 0.29) is 12.6 Å². The molecule has 6 heteroatoms. The molecule has 1 atom stereocenters. The zero-order chi connectivity index (χ0) is 13.4. The minimum Gasteiger partial charge on any atom is -0.469 e. The molecular weight excluding hydrogens is 236 g/mol. The van der Waals surface area contributed by atoms with E-state index in [0.29, 0.717) is 13.0 Å². The van der Waals surface area contributed by atoms with Gasteiger partial charge in [-0.05, 0) is 26.0 Å². The highest BCUT2D eigenvalue weighted by Gasteiger charge is 2.10. The third kappa shape index (κ3) is 5.38. The number of amides is 2. The number of esters is 1. The van der Waals surface area contributed by atoms with Crippen molar-refractivity contribution in [2.75, 3.05) is 13.2 Å². The van der Waals surface area contributed by atoms with Crippen molar-refractivity contribution in [3.8, 4) is 0 Å². The summed E-state index contributed by atoms with van der Waals surface area (Å²) in [6.45, 7) is 3.74. The Kier molecular flexibility index (Phi) is 5.76. The summed E-state index contributed by atoms with van der Waals surface area (Å²) >= 11 is 0. The predicted molar refractivity (Wildman–Crippen MR) is 65.0 cm³/mol. The van der Waals surface area contributed by atoms with Crippen LogP contribution in [0.15, 0.2) is 22.8 Å². The minimum absolute atomic E-state index is 0.0849. The summed E-state index contributed by atoms with van der Waals surface area (Å²) in [5, 5.41) is 5.12. The summed E-state index contributed by atoms with van der Waals surface area (Å²) < 4.78 is 9.86. The lowest BCUT2D eigenvalue weighted by Gasteiger charge is -2.13. The summed E-state index contributed by atoms with van der Waals surface area (Å²) in [6, 6.07) is 3.15. The van der Waals surface area contributed by atoms with Crippen LogP contribution in [0, 0.1) is 0 Å². The van der Waals surface area contributed by atoms with Crippen molar-refractivity contribution in [3.05, 3.63) is 24.2 Å². The lowest BCUT2D eigenvalue weighted by molar-refractivity contribution is -0.141. The van der Waals surface area contributed by atoms with Gasteiger partial charge in [0.15, 0.2) is 0 Å². The van der Waals surface area contributed by atoms with Crippen molar-refractivity contribution in [1.29, 1.82) is 0 Å². The first-order valence-corrected chi connectivity index (χ1v) is 5.84. The van der Waals surface area contributed by atoms with Gasteiger partial charge in [0.05, 0.1) is 12.9 Å². The summed E-state index contributed by atoms with van der Waals surface area (Å²) in [5.74, 6) is 0.347. The molecule has 0 aliphatic heterocycles. The Labute approximate surface area is 106 Å². The second kappa shape index (κ2) is 7.37. The number of hydrogen-bond acceptors (Lipinski definition) is 4. The van der Waals surface area contributed by atoms with Gasteiger partial charge < -0.3 is 19.8 Å². The third-order valence-electron chi connectivity index (χ3n) is 2.16. The Morgan fingerprint density at radius 1 is 1.50 bits per heavy atom. The van der Waals surface area contributed by atoms with Crippen molar-refractivity contribution in [2.24, 2.45) is 0 Å². The molecule has 18 heavy (non-hydrogen) atoms. The van der Waals surface area contributed by atoms with Gasteiger partial charge in [-0.25, -0.2) is 4.79 Å². The molecule has 0 aromatic carbocycles. The molecule has 0 radical (unpaired) electrons. The smallest absolute Gasteiger partial charge is 0.325 e. The highest BCUT2D eigenvalue weighted by atomic mass is 16.5. The number of hydrogen-bond donors (Lipinski definition) is 2. The van der Waals surface area contributed by atoms with Crippen LogP contribution in [0.25, 0.3) is 0 Å². The maximum atomic E-state index is 11.4. The molecule has 1 rings (SSSR count). The average molecular weight is 254 g/mol. The molecule has 1 aromatic heterocycles. The highest BCUT2D eigenvalue weighted by Crippen LogP contribution is 2.03. The Bertz CT molecular complexity index is 375. The Morgan fingerprint density at radius 2 is 2.28 bits per heavy atom. The zero-order valence-electron chi connectivity index (χ0n) is 10.6. The molecule has 1 unspecified atom stereocenters. The summed E-state index contributed by atoms with van der Waals surface area (Å²) in [6.07, 6.45) is 2.18. The molecule has 0 aliphatic rings.